The highest BCUT2D eigenvalue weighted by molar-refractivity contribution is 5.83. The second-order valence-electron chi connectivity index (χ2n) is 5.46. The van der Waals surface area contributed by atoms with Gasteiger partial charge in [0.25, 0.3) is 5.56 Å². The number of amides is 1. The fraction of sp³-hybridized carbons (Fsp3) is 0.167. The van der Waals surface area contributed by atoms with E-state index in [0.29, 0.717) is 16.6 Å². The van der Waals surface area contributed by atoms with Crippen LogP contribution in [-0.4, -0.2) is 15.7 Å². The fourth-order valence-corrected chi connectivity index (χ4v) is 2.54. The molecule has 0 atom stereocenters. The average Bonchev–Trinajstić information content (AvgIpc) is 2.59. The summed E-state index contributed by atoms with van der Waals surface area (Å²) >= 11 is 0. The van der Waals surface area contributed by atoms with Crippen LogP contribution < -0.4 is 10.9 Å². The van der Waals surface area contributed by atoms with Crippen LogP contribution in [-0.2, 0) is 17.9 Å². The van der Waals surface area contributed by atoms with Crippen LogP contribution in [0.3, 0.4) is 0 Å². The summed E-state index contributed by atoms with van der Waals surface area (Å²) in [5.74, 6) is -0.780. The zero-order chi connectivity index (χ0) is 17.1. The van der Waals surface area contributed by atoms with Crippen molar-refractivity contribution < 1.29 is 9.18 Å². The van der Waals surface area contributed by atoms with E-state index in [4.69, 9.17) is 0 Å². The van der Waals surface area contributed by atoms with Crippen molar-refractivity contribution in [2.75, 3.05) is 0 Å². The van der Waals surface area contributed by atoms with Gasteiger partial charge in [0.15, 0.2) is 0 Å². The molecular formula is C18H16FN3O2. The third-order valence-corrected chi connectivity index (χ3v) is 3.78. The Morgan fingerprint density at radius 3 is 2.54 bits per heavy atom. The molecule has 3 rings (SSSR count). The summed E-state index contributed by atoms with van der Waals surface area (Å²) in [4.78, 5) is 24.5. The van der Waals surface area contributed by atoms with E-state index in [1.165, 1.54) is 6.07 Å². The number of aryl methyl sites for hydroxylation is 1. The monoisotopic (exact) mass is 325 g/mol. The largest absolute Gasteiger partial charge is 0.350 e. The lowest BCUT2D eigenvalue weighted by Crippen LogP contribution is -2.34. The summed E-state index contributed by atoms with van der Waals surface area (Å²) in [5, 5.41) is 8.08. The SMILES string of the molecule is Cc1nn(CC(=O)NCc2ccccc2F)c(=O)c2ccccc12. The van der Waals surface area contributed by atoms with Crippen LogP contribution >= 0.6 is 0 Å². The number of hydrogen-bond donors (Lipinski definition) is 1. The molecule has 5 nitrogen and oxygen atoms in total. The topological polar surface area (TPSA) is 64.0 Å². The van der Waals surface area contributed by atoms with Gasteiger partial charge in [0.1, 0.15) is 12.4 Å². The number of halogens is 1. The van der Waals surface area contributed by atoms with Crippen molar-refractivity contribution in [2.45, 2.75) is 20.0 Å². The summed E-state index contributed by atoms with van der Waals surface area (Å²) in [6.07, 6.45) is 0. The molecule has 0 saturated carbocycles. The van der Waals surface area contributed by atoms with Gasteiger partial charge in [0, 0.05) is 17.5 Å². The van der Waals surface area contributed by atoms with Gasteiger partial charge in [-0.15, -0.1) is 0 Å². The van der Waals surface area contributed by atoms with Crippen LogP contribution in [0.2, 0.25) is 0 Å². The van der Waals surface area contributed by atoms with Crippen molar-refractivity contribution in [1.29, 1.82) is 0 Å². The van der Waals surface area contributed by atoms with Crippen molar-refractivity contribution in [2.24, 2.45) is 0 Å². The predicted octanol–water partition coefficient (Wildman–Crippen LogP) is 2.16. The molecular weight excluding hydrogens is 309 g/mol. The molecule has 1 heterocycles. The molecule has 1 amide bonds. The van der Waals surface area contributed by atoms with Crippen molar-refractivity contribution in [3.05, 3.63) is 76.0 Å². The summed E-state index contributed by atoms with van der Waals surface area (Å²) in [7, 11) is 0. The van der Waals surface area contributed by atoms with Crippen molar-refractivity contribution in [3.8, 4) is 0 Å². The van der Waals surface area contributed by atoms with Crippen LogP contribution in [0, 0.1) is 12.7 Å². The van der Waals surface area contributed by atoms with Crippen molar-refractivity contribution in [1.82, 2.24) is 15.1 Å². The Labute approximate surface area is 137 Å². The van der Waals surface area contributed by atoms with E-state index in [1.54, 1.807) is 37.3 Å². The number of benzene rings is 2. The molecule has 2 aromatic carbocycles. The van der Waals surface area contributed by atoms with E-state index in [1.807, 2.05) is 12.1 Å². The second kappa shape index (κ2) is 6.62. The van der Waals surface area contributed by atoms with Gasteiger partial charge in [-0.2, -0.15) is 5.10 Å². The van der Waals surface area contributed by atoms with E-state index in [2.05, 4.69) is 10.4 Å². The molecule has 122 valence electrons. The standard InChI is InChI=1S/C18H16FN3O2/c1-12-14-7-3-4-8-15(14)18(24)22(21-12)11-17(23)20-10-13-6-2-5-9-16(13)19/h2-9H,10-11H2,1H3,(H,20,23). The Morgan fingerprint density at radius 2 is 1.79 bits per heavy atom. The van der Waals surface area contributed by atoms with Gasteiger partial charge in [-0.05, 0) is 19.1 Å². The van der Waals surface area contributed by atoms with E-state index in [9.17, 15) is 14.0 Å². The minimum Gasteiger partial charge on any atom is -0.350 e. The first-order chi connectivity index (χ1) is 11.6. The Bertz CT molecular complexity index is 966. The first-order valence-electron chi connectivity index (χ1n) is 7.53. The van der Waals surface area contributed by atoms with Gasteiger partial charge in [-0.1, -0.05) is 36.4 Å². The van der Waals surface area contributed by atoms with Gasteiger partial charge < -0.3 is 5.32 Å². The highest BCUT2D eigenvalue weighted by Gasteiger charge is 2.11. The van der Waals surface area contributed by atoms with Crippen LogP contribution in [0.25, 0.3) is 10.8 Å². The predicted molar refractivity (Wildman–Crippen MR) is 89.0 cm³/mol. The maximum absolute atomic E-state index is 13.5. The molecule has 0 aliphatic heterocycles. The smallest absolute Gasteiger partial charge is 0.275 e. The summed E-state index contributed by atoms with van der Waals surface area (Å²) < 4.78 is 14.7. The zero-order valence-electron chi connectivity index (χ0n) is 13.1. The normalized spacial score (nSPS) is 10.8. The molecule has 0 bridgehead atoms. The quantitative estimate of drug-likeness (QED) is 0.799. The van der Waals surface area contributed by atoms with Crippen molar-refractivity contribution in [3.63, 3.8) is 0 Å². The maximum Gasteiger partial charge on any atom is 0.275 e. The molecule has 1 N–H and O–H groups in total. The first kappa shape index (κ1) is 15.9. The Hall–Kier alpha value is -3.02. The molecule has 1 aromatic heterocycles. The Balaban J connectivity index is 1.77. The minimum absolute atomic E-state index is 0.0623. The van der Waals surface area contributed by atoms with E-state index in [-0.39, 0.29) is 24.5 Å². The number of fused-ring (bicyclic) bond motifs is 1. The summed E-state index contributed by atoms with van der Waals surface area (Å²) in [6.45, 7) is 1.64. The van der Waals surface area contributed by atoms with E-state index >= 15 is 0 Å². The third-order valence-electron chi connectivity index (χ3n) is 3.78. The first-order valence-corrected chi connectivity index (χ1v) is 7.53. The molecule has 24 heavy (non-hydrogen) atoms. The van der Waals surface area contributed by atoms with Crippen LogP contribution in [0.1, 0.15) is 11.3 Å². The van der Waals surface area contributed by atoms with Crippen molar-refractivity contribution >= 4 is 16.7 Å². The van der Waals surface area contributed by atoms with Gasteiger partial charge in [0.05, 0.1) is 11.1 Å². The Morgan fingerprint density at radius 1 is 1.12 bits per heavy atom. The molecule has 0 aliphatic carbocycles. The minimum atomic E-state index is -0.400. The molecule has 0 spiro atoms. The van der Waals surface area contributed by atoms with Gasteiger partial charge >= 0.3 is 0 Å². The Kier molecular flexibility index (Phi) is 4.37. The number of nitrogens with zero attached hydrogens (tertiary/aromatic N) is 2. The van der Waals surface area contributed by atoms with Crippen LogP contribution in [0.4, 0.5) is 4.39 Å². The average molecular weight is 325 g/mol. The lowest BCUT2D eigenvalue weighted by atomic mass is 10.1. The number of rotatable bonds is 4. The van der Waals surface area contributed by atoms with Crippen LogP contribution in [0.5, 0.6) is 0 Å². The highest BCUT2D eigenvalue weighted by Crippen LogP contribution is 2.11. The van der Waals surface area contributed by atoms with Gasteiger partial charge in [0.2, 0.25) is 5.91 Å². The molecule has 0 saturated heterocycles. The molecule has 0 radical (unpaired) electrons. The molecule has 0 aliphatic rings. The molecule has 0 fully saturated rings. The number of carbonyl (C=O) groups excluding carboxylic acids is 1. The fourth-order valence-electron chi connectivity index (χ4n) is 2.54. The van der Waals surface area contributed by atoms with Gasteiger partial charge in [-0.25, -0.2) is 9.07 Å². The van der Waals surface area contributed by atoms with E-state index in [0.717, 1.165) is 10.1 Å². The number of carbonyl (C=O) groups is 1. The second-order valence-corrected chi connectivity index (χ2v) is 5.46. The summed E-state index contributed by atoms with van der Waals surface area (Å²) in [6, 6.07) is 13.3. The lowest BCUT2D eigenvalue weighted by molar-refractivity contribution is -0.122. The zero-order valence-corrected chi connectivity index (χ0v) is 13.1. The number of aromatic nitrogens is 2. The van der Waals surface area contributed by atoms with Crippen LogP contribution in [0.15, 0.2) is 53.3 Å². The van der Waals surface area contributed by atoms with Gasteiger partial charge in [-0.3, -0.25) is 9.59 Å². The number of nitrogens with one attached hydrogen (secondary N) is 1. The maximum atomic E-state index is 13.5. The lowest BCUT2D eigenvalue weighted by Gasteiger charge is -2.09. The molecule has 0 unspecified atom stereocenters. The third kappa shape index (κ3) is 3.17. The summed E-state index contributed by atoms with van der Waals surface area (Å²) in [5.41, 5.74) is 0.741. The van der Waals surface area contributed by atoms with E-state index < -0.39 is 5.91 Å². The molecule has 6 heteroatoms. The highest BCUT2D eigenvalue weighted by atomic mass is 19.1. The number of hydrogen-bond acceptors (Lipinski definition) is 3. The molecule has 3 aromatic rings.